The molecule has 0 radical (unpaired) electrons. The molecule has 1 heterocycles. The summed E-state index contributed by atoms with van der Waals surface area (Å²) in [4.78, 5) is 13.5. The number of carbonyl (C=O) groups is 1. The van der Waals surface area contributed by atoms with Crippen LogP contribution in [0, 0.1) is 30.0 Å². The monoisotopic (exact) mass is 260 g/mol. The summed E-state index contributed by atoms with van der Waals surface area (Å²) in [5.74, 6) is -0.139. The van der Waals surface area contributed by atoms with E-state index in [4.69, 9.17) is 5.26 Å². The molecule has 0 saturated carbocycles. The van der Waals surface area contributed by atoms with Crippen molar-refractivity contribution in [1.29, 1.82) is 5.26 Å². The van der Waals surface area contributed by atoms with Crippen molar-refractivity contribution in [2.75, 3.05) is 13.1 Å². The SMILES string of the molecule is Cc1cc(CCN2CC(C#N)CCC2=O)ccc1F. The summed E-state index contributed by atoms with van der Waals surface area (Å²) < 4.78 is 13.2. The van der Waals surface area contributed by atoms with Gasteiger partial charge < -0.3 is 4.90 Å². The topological polar surface area (TPSA) is 44.1 Å². The number of hydrogen-bond acceptors (Lipinski definition) is 2. The predicted molar refractivity (Wildman–Crippen MR) is 69.8 cm³/mol. The Morgan fingerprint density at radius 2 is 2.32 bits per heavy atom. The number of nitrogens with zero attached hydrogens (tertiary/aromatic N) is 2. The molecule has 0 bridgehead atoms. The van der Waals surface area contributed by atoms with Crippen LogP contribution in [0.3, 0.4) is 0 Å². The Labute approximate surface area is 112 Å². The molecule has 1 amide bonds. The molecule has 1 aromatic rings. The van der Waals surface area contributed by atoms with Crippen molar-refractivity contribution in [3.05, 3.63) is 35.1 Å². The second-order valence-electron chi connectivity index (χ2n) is 5.04. The van der Waals surface area contributed by atoms with E-state index in [-0.39, 0.29) is 17.6 Å². The van der Waals surface area contributed by atoms with Gasteiger partial charge in [0.05, 0.1) is 12.0 Å². The summed E-state index contributed by atoms with van der Waals surface area (Å²) in [6.07, 6.45) is 1.83. The second kappa shape index (κ2) is 5.83. The molecule has 0 aromatic heterocycles. The number of halogens is 1. The summed E-state index contributed by atoms with van der Waals surface area (Å²) >= 11 is 0. The van der Waals surface area contributed by atoms with Crippen LogP contribution in [0.2, 0.25) is 0 Å². The van der Waals surface area contributed by atoms with E-state index >= 15 is 0 Å². The number of benzene rings is 1. The zero-order valence-corrected chi connectivity index (χ0v) is 11.0. The summed E-state index contributed by atoms with van der Waals surface area (Å²) in [5.41, 5.74) is 1.64. The molecule has 1 aliphatic rings. The van der Waals surface area contributed by atoms with E-state index < -0.39 is 0 Å². The zero-order chi connectivity index (χ0) is 13.8. The van der Waals surface area contributed by atoms with E-state index in [1.165, 1.54) is 6.07 Å². The Morgan fingerprint density at radius 1 is 1.53 bits per heavy atom. The van der Waals surface area contributed by atoms with Gasteiger partial charge in [-0.3, -0.25) is 4.79 Å². The molecule has 2 rings (SSSR count). The lowest BCUT2D eigenvalue weighted by molar-refractivity contribution is -0.134. The van der Waals surface area contributed by atoms with Gasteiger partial charge in [-0.15, -0.1) is 0 Å². The van der Waals surface area contributed by atoms with E-state index in [0.717, 1.165) is 5.56 Å². The maximum atomic E-state index is 13.2. The van der Waals surface area contributed by atoms with Crippen molar-refractivity contribution in [2.45, 2.75) is 26.2 Å². The fourth-order valence-corrected chi connectivity index (χ4v) is 2.36. The van der Waals surface area contributed by atoms with Crippen LogP contribution in [0.1, 0.15) is 24.0 Å². The normalized spacial score (nSPS) is 19.3. The van der Waals surface area contributed by atoms with Crippen molar-refractivity contribution < 1.29 is 9.18 Å². The first-order chi connectivity index (χ1) is 9.10. The number of hydrogen-bond donors (Lipinski definition) is 0. The molecular weight excluding hydrogens is 243 g/mol. The molecule has 1 unspecified atom stereocenters. The number of carbonyl (C=O) groups excluding carboxylic acids is 1. The molecule has 4 heteroatoms. The summed E-state index contributed by atoms with van der Waals surface area (Å²) in [6.45, 7) is 2.86. The maximum Gasteiger partial charge on any atom is 0.222 e. The standard InChI is InChI=1S/C15H17FN2O/c1-11-8-12(2-4-14(11)16)6-7-18-10-13(9-17)3-5-15(18)19/h2,4,8,13H,3,5-7,10H2,1H3. The Balaban J connectivity index is 1.95. The van der Waals surface area contributed by atoms with Gasteiger partial charge in [0, 0.05) is 19.5 Å². The van der Waals surface area contributed by atoms with Gasteiger partial charge in [-0.1, -0.05) is 12.1 Å². The Morgan fingerprint density at radius 3 is 3.00 bits per heavy atom. The van der Waals surface area contributed by atoms with Crippen LogP contribution in [-0.4, -0.2) is 23.9 Å². The smallest absolute Gasteiger partial charge is 0.222 e. The summed E-state index contributed by atoms with van der Waals surface area (Å²) in [6, 6.07) is 7.24. The molecule has 1 aliphatic heterocycles. The third-order valence-corrected chi connectivity index (χ3v) is 3.58. The largest absolute Gasteiger partial charge is 0.341 e. The Bertz CT molecular complexity index is 521. The molecule has 1 saturated heterocycles. The van der Waals surface area contributed by atoms with Crippen molar-refractivity contribution in [2.24, 2.45) is 5.92 Å². The van der Waals surface area contributed by atoms with Crippen LogP contribution in [0.15, 0.2) is 18.2 Å². The van der Waals surface area contributed by atoms with E-state index in [1.807, 2.05) is 6.07 Å². The minimum absolute atomic E-state index is 0.0485. The predicted octanol–water partition coefficient (Wildman–Crippen LogP) is 2.44. The van der Waals surface area contributed by atoms with Crippen LogP contribution in [0.25, 0.3) is 0 Å². The highest BCUT2D eigenvalue weighted by Crippen LogP contribution is 2.17. The second-order valence-corrected chi connectivity index (χ2v) is 5.04. The first-order valence-electron chi connectivity index (χ1n) is 6.52. The van der Waals surface area contributed by atoms with Gasteiger partial charge >= 0.3 is 0 Å². The number of nitriles is 1. The average molecular weight is 260 g/mol. The minimum atomic E-state index is -0.206. The number of aryl methyl sites for hydroxylation is 1. The van der Waals surface area contributed by atoms with Crippen LogP contribution < -0.4 is 0 Å². The Kier molecular flexibility index (Phi) is 4.16. The molecule has 0 aliphatic carbocycles. The summed E-state index contributed by atoms with van der Waals surface area (Å²) in [7, 11) is 0. The van der Waals surface area contributed by atoms with Gasteiger partial charge in [-0.2, -0.15) is 5.26 Å². The number of piperidine rings is 1. The van der Waals surface area contributed by atoms with E-state index in [1.54, 1.807) is 17.9 Å². The average Bonchev–Trinajstić information content (AvgIpc) is 2.41. The van der Waals surface area contributed by atoms with Crippen LogP contribution >= 0.6 is 0 Å². The fraction of sp³-hybridized carbons (Fsp3) is 0.467. The van der Waals surface area contributed by atoms with E-state index in [2.05, 4.69) is 6.07 Å². The lowest BCUT2D eigenvalue weighted by atomic mass is 9.98. The lowest BCUT2D eigenvalue weighted by Gasteiger charge is -2.29. The molecule has 19 heavy (non-hydrogen) atoms. The number of rotatable bonds is 3. The maximum absolute atomic E-state index is 13.2. The molecular formula is C15H17FN2O. The number of likely N-dealkylation sites (tertiary alicyclic amines) is 1. The first kappa shape index (κ1) is 13.5. The van der Waals surface area contributed by atoms with E-state index in [0.29, 0.717) is 37.9 Å². The minimum Gasteiger partial charge on any atom is -0.341 e. The van der Waals surface area contributed by atoms with Gasteiger partial charge in [0.25, 0.3) is 0 Å². The summed E-state index contributed by atoms with van der Waals surface area (Å²) in [5, 5.41) is 8.92. The van der Waals surface area contributed by atoms with Crippen molar-refractivity contribution in [3.8, 4) is 6.07 Å². The molecule has 1 aromatic carbocycles. The third-order valence-electron chi connectivity index (χ3n) is 3.58. The third kappa shape index (κ3) is 3.31. The van der Waals surface area contributed by atoms with Crippen LogP contribution in [0.5, 0.6) is 0 Å². The van der Waals surface area contributed by atoms with Crippen LogP contribution in [-0.2, 0) is 11.2 Å². The Hall–Kier alpha value is -1.89. The highest BCUT2D eigenvalue weighted by atomic mass is 19.1. The van der Waals surface area contributed by atoms with Gasteiger partial charge in [0.15, 0.2) is 0 Å². The molecule has 1 atom stereocenters. The molecule has 0 spiro atoms. The van der Waals surface area contributed by atoms with E-state index in [9.17, 15) is 9.18 Å². The first-order valence-corrected chi connectivity index (χ1v) is 6.52. The quantitative estimate of drug-likeness (QED) is 0.837. The molecule has 0 N–H and O–H groups in total. The van der Waals surface area contributed by atoms with Gasteiger partial charge in [0.2, 0.25) is 5.91 Å². The van der Waals surface area contributed by atoms with Crippen molar-refractivity contribution >= 4 is 5.91 Å². The molecule has 100 valence electrons. The van der Waals surface area contributed by atoms with Gasteiger partial charge in [-0.25, -0.2) is 4.39 Å². The highest BCUT2D eigenvalue weighted by molar-refractivity contribution is 5.77. The van der Waals surface area contributed by atoms with Gasteiger partial charge in [-0.05, 0) is 37.0 Å². The van der Waals surface area contributed by atoms with Crippen molar-refractivity contribution in [3.63, 3.8) is 0 Å². The fourth-order valence-electron chi connectivity index (χ4n) is 2.36. The highest BCUT2D eigenvalue weighted by Gasteiger charge is 2.24. The molecule has 1 fully saturated rings. The van der Waals surface area contributed by atoms with Gasteiger partial charge in [0.1, 0.15) is 5.82 Å². The molecule has 3 nitrogen and oxygen atoms in total. The number of amides is 1. The zero-order valence-electron chi connectivity index (χ0n) is 11.0. The lowest BCUT2D eigenvalue weighted by Crippen LogP contribution is -2.40. The van der Waals surface area contributed by atoms with Crippen molar-refractivity contribution in [1.82, 2.24) is 4.90 Å². The van der Waals surface area contributed by atoms with Crippen LogP contribution in [0.4, 0.5) is 4.39 Å².